The predicted octanol–water partition coefficient (Wildman–Crippen LogP) is 1.94. The van der Waals surface area contributed by atoms with Gasteiger partial charge < -0.3 is 19.9 Å². The standard InChI is InChI=1S/C15H19NO5/c1-11-9-15(13(17)18,7-8-20-11)16-14(19)21-10-12-5-3-2-4-6-12/h2-6,11H,7-10H2,1H3,(H,16,19)(H,17,18). The van der Waals surface area contributed by atoms with Gasteiger partial charge in [-0.2, -0.15) is 0 Å². The molecule has 0 bridgehead atoms. The molecule has 0 spiro atoms. The van der Waals surface area contributed by atoms with Crippen molar-refractivity contribution in [2.24, 2.45) is 0 Å². The lowest BCUT2D eigenvalue weighted by Crippen LogP contribution is -2.58. The summed E-state index contributed by atoms with van der Waals surface area (Å²) in [6.07, 6.45) is -0.491. The topological polar surface area (TPSA) is 84.9 Å². The zero-order valence-corrected chi connectivity index (χ0v) is 11.9. The Morgan fingerprint density at radius 1 is 1.43 bits per heavy atom. The number of rotatable bonds is 4. The van der Waals surface area contributed by atoms with Gasteiger partial charge >= 0.3 is 12.1 Å². The fraction of sp³-hybridized carbons (Fsp3) is 0.467. The Kier molecular flexibility index (Phi) is 4.80. The van der Waals surface area contributed by atoms with Gasteiger partial charge in [-0.05, 0) is 12.5 Å². The van der Waals surface area contributed by atoms with Crippen molar-refractivity contribution in [1.29, 1.82) is 0 Å². The normalized spacial score (nSPS) is 25.1. The fourth-order valence-corrected chi connectivity index (χ4v) is 2.40. The highest BCUT2D eigenvalue weighted by Gasteiger charge is 2.44. The second-order valence-corrected chi connectivity index (χ2v) is 5.21. The zero-order chi connectivity index (χ0) is 15.3. The van der Waals surface area contributed by atoms with Crippen molar-refractivity contribution in [3.63, 3.8) is 0 Å². The van der Waals surface area contributed by atoms with Crippen LogP contribution in [-0.4, -0.2) is 35.4 Å². The van der Waals surface area contributed by atoms with Gasteiger partial charge in [-0.25, -0.2) is 9.59 Å². The van der Waals surface area contributed by atoms with Crippen LogP contribution >= 0.6 is 0 Å². The van der Waals surface area contributed by atoms with Crippen molar-refractivity contribution >= 4 is 12.1 Å². The first-order chi connectivity index (χ1) is 10.0. The van der Waals surface area contributed by atoms with Crippen molar-refractivity contribution in [2.75, 3.05) is 6.61 Å². The van der Waals surface area contributed by atoms with E-state index in [2.05, 4.69) is 5.32 Å². The lowest BCUT2D eigenvalue weighted by Gasteiger charge is -2.36. The molecule has 2 rings (SSSR count). The molecule has 1 fully saturated rings. The number of nitrogens with one attached hydrogen (secondary N) is 1. The molecule has 0 aliphatic carbocycles. The Hall–Kier alpha value is -2.08. The molecule has 1 saturated heterocycles. The molecule has 2 N–H and O–H groups in total. The molecular formula is C15H19NO5. The van der Waals surface area contributed by atoms with E-state index >= 15 is 0 Å². The van der Waals surface area contributed by atoms with Gasteiger partial charge in [-0.15, -0.1) is 0 Å². The van der Waals surface area contributed by atoms with Gasteiger partial charge in [0.25, 0.3) is 0 Å². The molecule has 0 radical (unpaired) electrons. The number of carbonyl (C=O) groups excluding carboxylic acids is 1. The SMILES string of the molecule is CC1CC(NC(=O)OCc2ccccc2)(C(=O)O)CCO1. The van der Waals surface area contributed by atoms with E-state index in [4.69, 9.17) is 9.47 Å². The Morgan fingerprint density at radius 2 is 2.14 bits per heavy atom. The van der Waals surface area contributed by atoms with Crippen LogP contribution in [-0.2, 0) is 20.9 Å². The summed E-state index contributed by atoms with van der Waals surface area (Å²) in [5.41, 5.74) is -0.469. The molecule has 1 aromatic rings. The van der Waals surface area contributed by atoms with Crippen molar-refractivity contribution in [2.45, 2.75) is 38.0 Å². The summed E-state index contributed by atoms with van der Waals surface area (Å²) in [7, 11) is 0. The van der Waals surface area contributed by atoms with Crippen LogP contribution < -0.4 is 5.32 Å². The maximum absolute atomic E-state index is 11.9. The quantitative estimate of drug-likeness (QED) is 0.886. The van der Waals surface area contributed by atoms with Gasteiger partial charge in [0, 0.05) is 19.4 Å². The van der Waals surface area contributed by atoms with Crippen molar-refractivity contribution < 1.29 is 24.2 Å². The van der Waals surface area contributed by atoms with E-state index in [-0.39, 0.29) is 25.6 Å². The number of carboxylic acids is 1. The van der Waals surface area contributed by atoms with E-state index in [9.17, 15) is 14.7 Å². The maximum Gasteiger partial charge on any atom is 0.408 e. The molecule has 2 unspecified atom stereocenters. The molecule has 0 aromatic heterocycles. The minimum absolute atomic E-state index is 0.106. The maximum atomic E-state index is 11.9. The molecule has 6 nitrogen and oxygen atoms in total. The number of benzene rings is 1. The summed E-state index contributed by atoms with van der Waals surface area (Å²) < 4.78 is 10.4. The predicted molar refractivity (Wildman–Crippen MR) is 74.8 cm³/mol. The molecule has 0 saturated carbocycles. The molecular weight excluding hydrogens is 274 g/mol. The first-order valence-electron chi connectivity index (χ1n) is 6.86. The Bertz CT molecular complexity index is 504. The highest BCUT2D eigenvalue weighted by atomic mass is 16.5. The van der Waals surface area contributed by atoms with Gasteiger partial charge in [-0.3, -0.25) is 0 Å². The summed E-state index contributed by atoms with van der Waals surface area (Å²) in [4.78, 5) is 23.4. The van der Waals surface area contributed by atoms with Crippen LogP contribution in [0, 0.1) is 0 Å². The van der Waals surface area contributed by atoms with Crippen molar-refractivity contribution in [3.05, 3.63) is 35.9 Å². The summed E-state index contributed by atoms with van der Waals surface area (Å²) in [6.45, 7) is 2.19. The van der Waals surface area contributed by atoms with Crippen LogP contribution in [0.1, 0.15) is 25.3 Å². The van der Waals surface area contributed by atoms with Crippen LogP contribution in [0.3, 0.4) is 0 Å². The lowest BCUT2D eigenvalue weighted by molar-refractivity contribution is -0.151. The third-order valence-electron chi connectivity index (χ3n) is 3.53. The number of alkyl carbamates (subject to hydrolysis) is 1. The molecule has 1 aliphatic rings. The number of amides is 1. The molecule has 1 aliphatic heterocycles. The summed E-state index contributed by atoms with van der Waals surface area (Å²) in [5.74, 6) is -1.06. The molecule has 2 atom stereocenters. The Morgan fingerprint density at radius 3 is 2.76 bits per heavy atom. The van der Waals surface area contributed by atoms with E-state index in [0.717, 1.165) is 5.56 Å². The Balaban J connectivity index is 1.94. The number of hydrogen-bond donors (Lipinski definition) is 2. The zero-order valence-electron chi connectivity index (χ0n) is 11.9. The van der Waals surface area contributed by atoms with Gasteiger partial charge in [0.05, 0.1) is 6.10 Å². The number of carbonyl (C=O) groups is 2. The largest absolute Gasteiger partial charge is 0.480 e. The molecule has 1 aromatic carbocycles. The fourth-order valence-electron chi connectivity index (χ4n) is 2.40. The van der Waals surface area contributed by atoms with Crippen LogP contribution in [0.25, 0.3) is 0 Å². The van der Waals surface area contributed by atoms with Crippen molar-refractivity contribution in [3.8, 4) is 0 Å². The molecule has 1 heterocycles. The molecule has 1 amide bonds. The van der Waals surface area contributed by atoms with E-state index < -0.39 is 17.6 Å². The Labute approximate surface area is 123 Å². The number of aliphatic carboxylic acids is 1. The molecule has 21 heavy (non-hydrogen) atoms. The average molecular weight is 293 g/mol. The third-order valence-corrected chi connectivity index (χ3v) is 3.53. The first kappa shape index (κ1) is 15.3. The smallest absolute Gasteiger partial charge is 0.408 e. The lowest BCUT2D eigenvalue weighted by atomic mass is 9.87. The highest BCUT2D eigenvalue weighted by Crippen LogP contribution is 2.25. The third kappa shape index (κ3) is 3.95. The van der Waals surface area contributed by atoms with E-state index in [0.29, 0.717) is 6.61 Å². The average Bonchev–Trinajstić information content (AvgIpc) is 2.46. The number of ether oxygens (including phenoxy) is 2. The second-order valence-electron chi connectivity index (χ2n) is 5.21. The highest BCUT2D eigenvalue weighted by molar-refractivity contribution is 5.84. The van der Waals surface area contributed by atoms with Crippen molar-refractivity contribution in [1.82, 2.24) is 5.32 Å². The monoisotopic (exact) mass is 293 g/mol. The first-order valence-corrected chi connectivity index (χ1v) is 6.86. The van der Waals surface area contributed by atoms with Gasteiger partial charge in [0.2, 0.25) is 0 Å². The summed E-state index contributed by atoms with van der Waals surface area (Å²) in [5, 5.41) is 11.9. The minimum atomic E-state index is -1.31. The van der Waals surface area contributed by atoms with Crippen LogP contribution in [0.2, 0.25) is 0 Å². The van der Waals surface area contributed by atoms with E-state index in [1.165, 1.54) is 0 Å². The van der Waals surface area contributed by atoms with Gasteiger partial charge in [-0.1, -0.05) is 30.3 Å². The van der Waals surface area contributed by atoms with E-state index in [1.807, 2.05) is 30.3 Å². The van der Waals surface area contributed by atoms with Crippen LogP contribution in [0.15, 0.2) is 30.3 Å². The van der Waals surface area contributed by atoms with Crippen LogP contribution in [0.5, 0.6) is 0 Å². The summed E-state index contributed by atoms with van der Waals surface area (Å²) >= 11 is 0. The van der Waals surface area contributed by atoms with Gasteiger partial charge in [0.15, 0.2) is 0 Å². The van der Waals surface area contributed by atoms with Gasteiger partial charge in [0.1, 0.15) is 12.1 Å². The number of carboxylic acid groups (broad SMARTS) is 1. The number of hydrogen-bond acceptors (Lipinski definition) is 4. The minimum Gasteiger partial charge on any atom is -0.480 e. The summed E-state index contributed by atoms with van der Waals surface area (Å²) in [6, 6.07) is 9.21. The molecule has 114 valence electrons. The second kappa shape index (κ2) is 6.58. The molecule has 6 heteroatoms. The van der Waals surface area contributed by atoms with Crippen LogP contribution in [0.4, 0.5) is 4.79 Å². The van der Waals surface area contributed by atoms with E-state index in [1.54, 1.807) is 6.92 Å².